The van der Waals surface area contributed by atoms with Crippen molar-refractivity contribution in [1.82, 2.24) is 10.3 Å². The Morgan fingerprint density at radius 1 is 1.22 bits per heavy atom. The number of aryl methyl sites for hydroxylation is 2. The number of amides is 1. The highest BCUT2D eigenvalue weighted by Crippen LogP contribution is 2.27. The van der Waals surface area contributed by atoms with Crippen molar-refractivity contribution in [1.29, 1.82) is 0 Å². The topological polar surface area (TPSA) is 42.0 Å². The fourth-order valence-corrected chi connectivity index (χ4v) is 3.29. The molecule has 0 aliphatic carbocycles. The zero-order valence-corrected chi connectivity index (χ0v) is 13.3. The molecule has 3 nitrogen and oxygen atoms in total. The molecule has 0 saturated carbocycles. The Morgan fingerprint density at radius 2 is 1.78 bits per heavy atom. The molecule has 1 heterocycles. The number of hydrogen-bond donors (Lipinski definition) is 1. The highest BCUT2D eigenvalue weighted by molar-refractivity contribution is 7.11. The molecule has 4 heteroatoms. The highest BCUT2D eigenvalue weighted by atomic mass is 32.1. The van der Waals surface area contributed by atoms with Crippen LogP contribution in [-0.4, -0.2) is 16.4 Å². The Kier molecular flexibility index (Phi) is 4.21. The first kappa shape index (κ1) is 15.2. The number of nitrogens with zero attached hydrogens (tertiary/aromatic N) is 1. The fourth-order valence-electron chi connectivity index (χ4n) is 2.48. The summed E-state index contributed by atoms with van der Waals surface area (Å²) in [5.41, 5.74) is 0.530. The minimum absolute atomic E-state index is 0.0638. The number of hydrogen-bond acceptors (Lipinski definition) is 3. The molecular weight excluding hydrogens is 244 g/mol. The molecule has 0 aliphatic rings. The van der Waals surface area contributed by atoms with Gasteiger partial charge in [-0.25, -0.2) is 4.98 Å². The Labute approximate surface area is 114 Å². The van der Waals surface area contributed by atoms with Gasteiger partial charge in [-0.05, 0) is 39.5 Å². The molecular formula is C14H24N2OS. The second-order valence-corrected chi connectivity index (χ2v) is 8.12. The van der Waals surface area contributed by atoms with Gasteiger partial charge < -0.3 is 5.32 Å². The summed E-state index contributed by atoms with van der Waals surface area (Å²) in [6, 6.07) is 0. The molecule has 0 unspecified atom stereocenters. The molecule has 1 aromatic heterocycles. The number of aromatic nitrogens is 1. The number of rotatable bonds is 3. The van der Waals surface area contributed by atoms with Crippen molar-refractivity contribution in [3.8, 4) is 0 Å². The molecule has 0 spiro atoms. The maximum Gasteiger partial charge on any atom is 0.271 e. The molecule has 0 fully saturated rings. The molecule has 1 amide bonds. The summed E-state index contributed by atoms with van der Waals surface area (Å²) in [4.78, 5) is 17.5. The SMILES string of the molecule is Cc1nc(C(=O)NC(C)(C)CC(C)(C)C)c(C)s1. The van der Waals surface area contributed by atoms with Gasteiger partial charge in [0.25, 0.3) is 5.91 Å². The van der Waals surface area contributed by atoms with Crippen LogP contribution >= 0.6 is 11.3 Å². The predicted octanol–water partition coefficient (Wildman–Crippen LogP) is 3.70. The second-order valence-electron chi connectivity index (χ2n) is 6.71. The molecule has 0 aliphatic heterocycles. The lowest BCUT2D eigenvalue weighted by atomic mass is 9.82. The van der Waals surface area contributed by atoms with Crippen molar-refractivity contribution in [3.63, 3.8) is 0 Å². The van der Waals surface area contributed by atoms with E-state index in [1.807, 2.05) is 13.8 Å². The van der Waals surface area contributed by atoms with Crippen LogP contribution < -0.4 is 5.32 Å². The van der Waals surface area contributed by atoms with Crippen molar-refractivity contribution < 1.29 is 4.79 Å². The quantitative estimate of drug-likeness (QED) is 0.908. The molecule has 1 rings (SSSR count). The Bertz CT molecular complexity index is 441. The van der Waals surface area contributed by atoms with E-state index in [4.69, 9.17) is 0 Å². The summed E-state index contributed by atoms with van der Waals surface area (Å²) >= 11 is 1.56. The lowest BCUT2D eigenvalue weighted by Crippen LogP contribution is -2.46. The van der Waals surface area contributed by atoms with Gasteiger partial charge in [-0.2, -0.15) is 0 Å². The second kappa shape index (κ2) is 5.00. The van der Waals surface area contributed by atoms with Crippen LogP contribution in [0.2, 0.25) is 0 Å². The monoisotopic (exact) mass is 268 g/mol. The third-order valence-electron chi connectivity index (χ3n) is 2.54. The van der Waals surface area contributed by atoms with E-state index in [0.29, 0.717) is 5.69 Å². The summed E-state index contributed by atoms with van der Waals surface area (Å²) < 4.78 is 0. The number of carbonyl (C=O) groups is 1. The molecule has 1 aromatic rings. The number of carbonyl (C=O) groups excluding carboxylic acids is 1. The molecule has 0 aromatic carbocycles. The minimum Gasteiger partial charge on any atom is -0.346 e. The zero-order valence-electron chi connectivity index (χ0n) is 12.5. The minimum atomic E-state index is -0.223. The first-order valence-corrected chi connectivity index (χ1v) is 7.08. The van der Waals surface area contributed by atoms with Gasteiger partial charge in [0, 0.05) is 10.4 Å². The lowest BCUT2D eigenvalue weighted by Gasteiger charge is -2.33. The van der Waals surface area contributed by atoms with Crippen LogP contribution in [-0.2, 0) is 0 Å². The van der Waals surface area contributed by atoms with E-state index >= 15 is 0 Å². The van der Waals surface area contributed by atoms with Crippen LogP contribution in [0.4, 0.5) is 0 Å². The van der Waals surface area contributed by atoms with Crippen LogP contribution in [0.3, 0.4) is 0 Å². The van der Waals surface area contributed by atoms with Gasteiger partial charge in [0.1, 0.15) is 5.69 Å². The molecule has 0 saturated heterocycles. The van der Waals surface area contributed by atoms with E-state index in [0.717, 1.165) is 16.3 Å². The normalized spacial score (nSPS) is 12.6. The van der Waals surface area contributed by atoms with Crippen molar-refractivity contribution in [2.45, 2.75) is 60.4 Å². The Hall–Kier alpha value is -0.900. The first-order chi connectivity index (χ1) is 8.00. The van der Waals surface area contributed by atoms with Crippen LogP contribution in [0.5, 0.6) is 0 Å². The summed E-state index contributed by atoms with van der Waals surface area (Å²) in [6.07, 6.45) is 0.925. The molecule has 1 N–H and O–H groups in total. The smallest absolute Gasteiger partial charge is 0.271 e. The lowest BCUT2D eigenvalue weighted by molar-refractivity contribution is 0.0886. The van der Waals surface area contributed by atoms with Crippen molar-refractivity contribution in [2.75, 3.05) is 0 Å². The molecule has 0 radical (unpaired) electrons. The van der Waals surface area contributed by atoms with Crippen molar-refractivity contribution >= 4 is 17.2 Å². The van der Waals surface area contributed by atoms with Gasteiger partial charge in [-0.3, -0.25) is 4.79 Å². The van der Waals surface area contributed by atoms with Crippen molar-refractivity contribution in [3.05, 3.63) is 15.6 Å². The maximum atomic E-state index is 12.2. The Balaban J connectivity index is 2.79. The summed E-state index contributed by atoms with van der Waals surface area (Å²) in [5.74, 6) is -0.0638. The summed E-state index contributed by atoms with van der Waals surface area (Å²) in [6.45, 7) is 14.5. The van der Waals surface area contributed by atoms with Gasteiger partial charge in [0.05, 0.1) is 5.01 Å². The van der Waals surface area contributed by atoms with Gasteiger partial charge in [0.15, 0.2) is 0 Å². The standard InChI is InChI=1S/C14H24N2OS/c1-9-11(15-10(2)18-9)12(17)16-14(6,7)8-13(3,4)5/h8H2,1-7H3,(H,16,17). The highest BCUT2D eigenvalue weighted by Gasteiger charge is 2.28. The predicted molar refractivity (Wildman–Crippen MR) is 77.2 cm³/mol. The maximum absolute atomic E-state index is 12.2. The molecule has 0 atom stereocenters. The number of nitrogens with one attached hydrogen (secondary N) is 1. The van der Waals surface area contributed by atoms with Gasteiger partial charge in [-0.1, -0.05) is 20.8 Å². The number of thiazole rings is 1. The first-order valence-electron chi connectivity index (χ1n) is 6.27. The third-order valence-corrected chi connectivity index (χ3v) is 3.43. The van der Waals surface area contributed by atoms with Gasteiger partial charge in [-0.15, -0.1) is 11.3 Å². The summed E-state index contributed by atoms with van der Waals surface area (Å²) in [7, 11) is 0. The van der Waals surface area contributed by atoms with E-state index in [1.165, 1.54) is 0 Å². The van der Waals surface area contributed by atoms with E-state index in [-0.39, 0.29) is 16.9 Å². The van der Waals surface area contributed by atoms with Crippen LogP contribution in [0, 0.1) is 19.3 Å². The average Bonchev–Trinajstić information content (AvgIpc) is 2.39. The van der Waals surface area contributed by atoms with Crippen LogP contribution in [0.1, 0.15) is 61.4 Å². The van der Waals surface area contributed by atoms with E-state index in [2.05, 4.69) is 44.9 Å². The van der Waals surface area contributed by atoms with E-state index in [9.17, 15) is 4.79 Å². The van der Waals surface area contributed by atoms with E-state index in [1.54, 1.807) is 11.3 Å². The molecule has 102 valence electrons. The Morgan fingerprint density at radius 3 is 2.17 bits per heavy atom. The van der Waals surface area contributed by atoms with Gasteiger partial charge >= 0.3 is 0 Å². The third kappa shape index (κ3) is 4.41. The van der Waals surface area contributed by atoms with E-state index < -0.39 is 0 Å². The van der Waals surface area contributed by atoms with Gasteiger partial charge in [0.2, 0.25) is 0 Å². The molecule has 18 heavy (non-hydrogen) atoms. The molecule has 0 bridgehead atoms. The summed E-state index contributed by atoms with van der Waals surface area (Å²) in [5, 5.41) is 4.02. The zero-order chi connectivity index (χ0) is 14.1. The largest absolute Gasteiger partial charge is 0.346 e. The van der Waals surface area contributed by atoms with Crippen LogP contribution in [0.25, 0.3) is 0 Å². The van der Waals surface area contributed by atoms with Crippen molar-refractivity contribution in [2.24, 2.45) is 5.41 Å². The average molecular weight is 268 g/mol. The van der Waals surface area contributed by atoms with Crippen LogP contribution in [0.15, 0.2) is 0 Å². The fraction of sp³-hybridized carbons (Fsp3) is 0.714.